The number of aromatic nitrogens is 1. The third kappa shape index (κ3) is 4.93. The molecule has 0 bridgehead atoms. The summed E-state index contributed by atoms with van der Waals surface area (Å²) in [6.45, 7) is 0. The SMILES string of the molecule is O=C(/C=C/c1cccc(Oc2ccccc2)c1)c1c(-c2ccccc2)c2cc(Cl)ccc2[nH]c1=O. The summed E-state index contributed by atoms with van der Waals surface area (Å²) in [5, 5.41) is 1.23. The van der Waals surface area contributed by atoms with E-state index in [4.69, 9.17) is 16.3 Å². The van der Waals surface area contributed by atoms with E-state index in [1.54, 1.807) is 24.3 Å². The Kier molecular flexibility index (Phi) is 6.29. The van der Waals surface area contributed by atoms with E-state index in [1.807, 2.05) is 84.9 Å². The molecule has 1 aromatic heterocycles. The number of pyridine rings is 1. The molecule has 5 rings (SSSR count). The molecule has 0 saturated heterocycles. The molecule has 0 aliphatic carbocycles. The standard InChI is InChI=1S/C30H20ClNO3/c31-22-15-16-26-25(19-22)28(21-9-3-1-4-10-21)29(30(34)32-26)27(33)17-14-20-8-7-13-24(18-20)35-23-11-5-2-6-12-23/h1-19H,(H,32,34)/b17-14+. The minimum atomic E-state index is -0.450. The topological polar surface area (TPSA) is 59.2 Å². The van der Waals surface area contributed by atoms with Crippen molar-refractivity contribution in [1.82, 2.24) is 4.98 Å². The van der Waals surface area contributed by atoms with Gasteiger partial charge < -0.3 is 9.72 Å². The van der Waals surface area contributed by atoms with Crippen molar-refractivity contribution >= 4 is 34.4 Å². The van der Waals surface area contributed by atoms with E-state index in [0.717, 1.165) is 16.9 Å². The van der Waals surface area contributed by atoms with Crippen LogP contribution in [0.3, 0.4) is 0 Å². The summed E-state index contributed by atoms with van der Waals surface area (Å²) in [7, 11) is 0. The lowest BCUT2D eigenvalue weighted by atomic mass is 9.94. The van der Waals surface area contributed by atoms with Gasteiger partial charge >= 0.3 is 0 Å². The molecular formula is C30H20ClNO3. The molecule has 5 heteroatoms. The van der Waals surface area contributed by atoms with E-state index in [0.29, 0.717) is 27.2 Å². The van der Waals surface area contributed by atoms with Gasteiger partial charge in [-0.2, -0.15) is 0 Å². The Hall–Kier alpha value is -4.41. The number of aromatic amines is 1. The number of halogens is 1. The molecule has 0 unspecified atom stereocenters. The summed E-state index contributed by atoms with van der Waals surface area (Å²) in [4.78, 5) is 29.2. The van der Waals surface area contributed by atoms with Gasteiger partial charge in [-0.1, -0.05) is 78.3 Å². The highest BCUT2D eigenvalue weighted by Crippen LogP contribution is 2.32. The number of H-pyrrole nitrogens is 1. The lowest BCUT2D eigenvalue weighted by molar-refractivity contribution is 0.104. The molecule has 0 radical (unpaired) electrons. The van der Waals surface area contributed by atoms with Gasteiger partial charge in [0.2, 0.25) is 0 Å². The Bertz CT molecular complexity index is 1610. The first-order valence-corrected chi connectivity index (χ1v) is 11.4. The van der Waals surface area contributed by atoms with Crippen LogP contribution >= 0.6 is 11.6 Å². The summed E-state index contributed by atoms with van der Waals surface area (Å²) in [6, 6.07) is 31.4. The number of carbonyl (C=O) groups excluding carboxylic acids is 1. The highest BCUT2D eigenvalue weighted by Gasteiger charge is 2.19. The fraction of sp³-hybridized carbons (Fsp3) is 0. The molecule has 35 heavy (non-hydrogen) atoms. The minimum absolute atomic E-state index is 0.0684. The fourth-order valence-electron chi connectivity index (χ4n) is 3.97. The second-order valence-electron chi connectivity index (χ2n) is 7.95. The number of benzene rings is 4. The van der Waals surface area contributed by atoms with Gasteiger partial charge in [-0.15, -0.1) is 0 Å². The number of hydrogen-bond donors (Lipinski definition) is 1. The van der Waals surface area contributed by atoms with Crippen molar-refractivity contribution in [3.63, 3.8) is 0 Å². The van der Waals surface area contributed by atoms with E-state index in [-0.39, 0.29) is 5.56 Å². The number of allylic oxidation sites excluding steroid dienone is 1. The third-order valence-electron chi connectivity index (χ3n) is 5.55. The molecule has 1 heterocycles. The van der Waals surface area contributed by atoms with E-state index in [9.17, 15) is 9.59 Å². The quantitative estimate of drug-likeness (QED) is 0.203. The molecule has 0 saturated carbocycles. The molecule has 0 atom stereocenters. The van der Waals surface area contributed by atoms with Gasteiger partial charge in [-0.3, -0.25) is 9.59 Å². The van der Waals surface area contributed by atoms with Crippen molar-refractivity contribution < 1.29 is 9.53 Å². The zero-order valence-electron chi connectivity index (χ0n) is 18.6. The first kappa shape index (κ1) is 22.4. The van der Waals surface area contributed by atoms with Crippen molar-refractivity contribution in [1.29, 1.82) is 0 Å². The number of hydrogen-bond acceptors (Lipinski definition) is 3. The number of fused-ring (bicyclic) bond motifs is 1. The summed E-state index contributed by atoms with van der Waals surface area (Å²) >= 11 is 6.26. The average Bonchev–Trinajstić information content (AvgIpc) is 2.88. The summed E-state index contributed by atoms with van der Waals surface area (Å²) < 4.78 is 5.88. The van der Waals surface area contributed by atoms with Crippen molar-refractivity contribution in [2.24, 2.45) is 0 Å². The van der Waals surface area contributed by atoms with Crippen LogP contribution in [0, 0.1) is 0 Å². The monoisotopic (exact) mass is 477 g/mol. The van der Waals surface area contributed by atoms with Crippen LogP contribution in [0.4, 0.5) is 0 Å². The number of nitrogens with one attached hydrogen (secondary N) is 1. The van der Waals surface area contributed by atoms with E-state index in [2.05, 4.69) is 4.98 Å². The predicted molar refractivity (Wildman–Crippen MR) is 141 cm³/mol. The fourth-order valence-corrected chi connectivity index (χ4v) is 4.14. The Morgan fingerprint density at radius 1 is 0.800 bits per heavy atom. The average molecular weight is 478 g/mol. The number of ketones is 1. The van der Waals surface area contributed by atoms with Crippen LogP contribution < -0.4 is 10.3 Å². The molecule has 0 spiro atoms. The molecule has 4 aromatic carbocycles. The second-order valence-corrected chi connectivity index (χ2v) is 8.38. The number of rotatable bonds is 6. The number of para-hydroxylation sites is 1. The maximum Gasteiger partial charge on any atom is 0.260 e. The van der Waals surface area contributed by atoms with Crippen LogP contribution in [-0.2, 0) is 0 Å². The third-order valence-corrected chi connectivity index (χ3v) is 5.78. The smallest absolute Gasteiger partial charge is 0.260 e. The molecule has 4 nitrogen and oxygen atoms in total. The van der Waals surface area contributed by atoms with E-state index < -0.39 is 11.3 Å². The summed E-state index contributed by atoms with van der Waals surface area (Å²) in [5.41, 5.74) is 2.33. The first-order chi connectivity index (χ1) is 17.1. The van der Waals surface area contributed by atoms with Crippen LogP contribution in [0.1, 0.15) is 15.9 Å². The first-order valence-electron chi connectivity index (χ1n) is 11.0. The van der Waals surface area contributed by atoms with Crippen LogP contribution in [0.15, 0.2) is 114 Å². The van der Waals surface area contributed by atoms with Crippen molar-refractivity contribution in [3.8, 4) is 22.6 Å². The van der Waals surface area contributed by atoms with Crippen LogP contribution in [0.25, 0.3) is 28.1 Å². The Morgan fingerprint density at radius 3 is 2.29 bits per heavy atom. The second kappa shape index (κ2) is 9.84. The maximum absolute atomic E-state index is 13.4. The Balaban J connectivity index is 1.54. The van der Waals surface area contributed by atoms with E-state index >= 15 is 0 Å². The normalized spacial score (nSPS) is 11.1. The van der Waals surface area contributed by atoms with E-state index in [1.165, 1.54) is 6.08 Å². The van der Waals surface area contributed by atoms with Gasteiger partial charge in [0.15, 0.2) is 5.78 Å². The van der Waals surface area contributed by atoms with Crippen LogP contribution in [0.2, 0.25) is 5.02 Å². The molecule has 0 fully saturated rings. The van der Waals surface area contributed by atoms with Gasteiger partial charge in [0.05, 0.1) is 5.56 Å². The zero-order chi connectivity index (χ0) is 24.2. The number of carbonyl (C=O) groups is 1. The molecular weight excluding hydrogens is 458 g/mol. The van der Waals surface area contributed by atoms with Crippen LogP contribution in [0.5, 0.6) is 11.5 Å². The van der Waals surface area contributed by atoms with Gasteiger partial charge in [-0.05, 0) is 59.7 Å². The van der Waals surface area contributed by atoms with Crippen molar-refractivity contribution in [3.05, 3.63) is 136 Å². The highest BCUT2D eigenvalue weighted by molar-refractivity contribution is 6.31. The highest BCUT2D eigenvalue weighted by atomic mass is 35.5. The van der Waals surface area contributed by atoms with Gasteiger partial charge in [0.1, 0.15) is 11.5 Å². The molecule has 5 aromatic rings. The largest absolute Gasteiger partial charge is 0.457 e. The van der Waals surface area contributed by atoms with Gasteiger partial charge in [0, 0.05) is 21.5 Å². The van der Waals surface area contributed by atoms with Gasteiger partial charge in [-0.25, -0.2) is 0 Å². The maximum atomic E-state index is 13.4. The molecule has 1 N–H and O–H groups in total. The van der Waals surface area contributed by atoms with Crippen molar-refractivity contribution in [2.45, 2.75) is 0 Å². The van der Waals surface area contributed by atoms with Crippen LogP contribution in [-0.4, -0.2) is 10.8 Å². The minimum Gasteiger partial charge on any atom is -0.457 e. The number of ether oxygens (including phenoxy) is 1. The molecule has 0 aliphatic heterocycles. The van der Waals surface area contributed by atoms with Crippen molar-refractivity contribution in [2.75, 3.05) is 0 Å². The summed E-state index contributed by atoms with van der Waals surface area (Å²) in [5.74, 6) is 0.967. The Labute approximate surface area is 207 Å². The zero-order valence-corrected chi connectivity index (χ0v) is 19.3. The van der Waals surface area contributed by atoms with Gasteiger partial charge in [0.25, 0.3) is 5.56 Å². The lowest BCUT2D eigenvalue weighted by Gasteiger charge is -2.12. The lowest BCUT2D eigenvalue weighted by Crippen LogP contribution is -2.18. The molecule has 170 valence electrons. The Morgan fingerprint density at radius 2 is 1.51 bits per heavy atom. The molecule has 0 aliphatic rings. The molecule has 0 amide bonds. The summed E-state index contributed by atoms with van der Waals surface area (Å²) in [6.07, 6.45) is 3.09. The predicted octanol–water partition coefficient (Wildman–Crippen LogP) is 7.54.